The molecule has 0 spiro atoms. The van der Waals surface area contributed by atoms with Crippen molar-refractivity contribution in [2.45, 2.75) is 44.0 Å². The molecule has 1 N–H and O–H groups in total. The lowest BCUT2D eigenvalue weighted by atomic mass is 9.94. The Morgan fingerprint density at radius 2 is 2.15 bits per heavy atom. The van der Waals surface area contributed by atoms with Crippen LogP contribution in [0.5, 0.6) is 0 Å². The smallest absolute Gasteiger partial charge is 0.0953 e. The van der Waals surface area contributed by atoms with Crippen molar-refractivity contribution in [3.8, 4) is 0 Å². The van der Waals surface area contributed by atoms with Gasteiger partial charge in [0, 0.05) is 18.7 Å². The molecular formula is C16H24ClNO2. The van der Waals surface area contributed by atoms with E-state index in [0.717, 1.165) is 36.4 Å². The van der Waals surface area contributed by atoms with E-state index in [1.165, 1.54) is 6.42 Å². The number of ether oxygens (including phenoxy) is 2. The molecule has 4 heteroatoms. The summed E-state index contributed by atoms with van der Waals surface area (Å²) in [5, 5.41) is 3.96. The summed E-state index contributed by atoms with van der Waals surface area (Å²) in [5.41, 5.74) is 1.13. The van der Waals surface area contributed by atoms with Crippen LogP contribution in [0.4, 0.5) is 0 Å². The van der Waals surface area contributed by atoms with E-state index in [4.69, 9.17) is 21.1 Å². The summed E-state index contributed by atoms with van der Waals surface area (Å²) >= 11 is 6.08. The van der Waals surface area contributed by atoms with Crippen molar-refractivity contribution in [3.63, 3.8) is 0 Å². The van der Waals surface area contributed by atoms with Crippen LogP contribution < -0.4 is 5.32 Å². The zero-order valence-electron chi connectivity index (χ0n) is 12.3. The number of nitrogens with one attached hydrogen (secondary N) is 1. The van der Waals surface area contributed by atoms with Crippen molar-refractivity contribution >= 4 is 11.6 Å². The van der Waals surface area contributed by atoms with Gasteiger partial charge in [-0.05, 0) is 50.4 Å². The second-order valence-corrected chi connectivity index (χ2v) is 5.82. The molecule has 0 heterocycles. The quantitative estimate of drug-likeness (QED) is 0.870. The molecule has 3 unspecified atom stereocenters. The summed E-state index contributed by atoms with van der Waals surface area (Å²) < 4.78 is 11.8. The average molecular weight is 298 g/mol. The first-order chi connectivity index (χ1) is 9.72. The average Bonchev–Trinajstić information content (AvgIpc) is 2.47. The molecule has 3 atom stereocenters. The van der Waals surface area contributed by atoms with Crippen molar-refractivity contribution in [2.75, 3.05) is 20.7 Å². The third-order valence-electron chi connectivity index (χ3n) is 3.88. The van der Waals surface area contributed by atoms with Gasteiger partial charge >= 0.3 is 0 Å². The molecule has 0 amide bonds. The van der Waals surface area contributed by atoms with Crippen LogP contribution in [0.25, 0.3) is 0 Å². The fourth-order valence-electron chi connectivity index (χ4n) is 2.81. The van der Waals surface area contributed by atoms with E-state index in [-0.39, 0.29) is 12.2 Å². The molecule has 1 aromatic rings. The SMILES string of the molecule is CNCC(OC1CCCC(OC)C1)c1cccc(Cl)c1. The van der Waals surface area contributed by atoms with Gasteiger partial charge in [0.25, 0.3) is 0 Å². The Kier molecular flexibility index (Phi) is 6.30. The molecular weight excluding hydrogens is 274 g/mol. The highest BCUT2D eigenvalue weighted by molar-refractivity contribution is 6.30. The number of rotatable bonds is 6. The highest BCUT2D eigenvalue weighted by Gasteiger charge is 2.25. The van der Waals surface area contributed by atoms with Gasteiger partial charge in [0.05, 0.1) is 18.3 Å². The van der Waals surface area contributed by atoms with Crippen LogP contribution in [0.2, 0.25) is 5.02 Å². The largest absolute Gasteiger partial charge is 0.381 e. The molecule has 112 valence electrons. The molecule has 0 saturated heterocycles. The fraction of sp³-hybridized carbons (Fsp3) is 0.625. The van der Waals surface area contributed by atoms with Gasteiger partial charge in [-0.2, -0.15) is 0 Å². The summed E-state index contributed by atoms with van der Waals surface area (Å²) in [6.45, 7) is 0.786. The highest BCUT2D eigenvalue weighted by atomic mass is 35.5. The van der Waals surface area contributed by atoms with Crippen LogP contribution in [-0.4, -0.2) is 32.9 Å². The molecule has 1 aliphatic rings. The summed E-state index contributed by atoms with van der Waals surface area (Å²) in [7, 11) is 3.73. The minimum Gasteiger partial charge on any atom is -0.381 e. The van der Waals surface area contributed by atoms with Crippen LogP contribution in [0.3, 0.4) is 0 Å². The maximum Gasteiger partial charge on any atom is 0.0953 e. The Morgan fingerprint density at radius 3 is 2.85 bits per heavy atom. The molecule has 0 aliphatic heterocycles. The molecule has 0 radical (unpaired) electrons. The predicted octanol–water partition coefficient (Wildman–Crippen LogP) is 3.57. The molecule has 1 saturated carbocycles. The number of halogens is 1. The summed E-state index contributed by atoms with van der Waals surface area (Å²) in [6.07, 6.45) is 5.06. The first kappa shape index (κ1) is 15.8. The molecule has 1 aromatic carbocycles. The van der Waals surface area contributed by atoms with Gasteiger partial charge in [0.15, 0.2) is 0 Å². The van der Waals surface area contributed by atoms with Crippen LogP contribution >= 0.6 is 11.6 Å². The fourth-order valence-corrected chi connectivity index (χ4v) is 3.01. The lowest BCUT2D eigenvalue weighted by Gasteiger charge is -2.31. The van der Waals surface area contributed by atoms with Crippen LogP contribution in [0.15, 0.2) is 24.3 Å². The highest BCUT2D eigenvalue weighted by Crippen LogP contribution is 2.29. The number of benzene rings is 1. The Bertz CT molecular complexity index is 413. The zero-order valence-corrected chi connectivity index (χ0v) is 13.0. The van der Waals surface area contributed by atoms with Crippen molar-refractivity contribution < 1.29 is 9.47 Å². The number of hydrogen-bond acceptors (Lipinski definition) is 3. The zero-order chi connectivity index (χ0) is 14.4. The first-order valence-electron chi connectivity index (χ1n) is 7.31. The number of likely N-dealkylation sites (N-methyl/N-ethyl adjacent to an activating group) is 1. The maximum absolute atomic E-state index is 6.30. The number of hydrogen-bond donors (Lipinski definition) is 1. The van der Waals surface area contributed by atoms with Crippen molar-refractivity contribution in [1.82, 2.24) is 5.32 Å². The summed E-state index contributed by atoms with van der Waals surface area (Å²) in [4.78, 5) is 0. The van der Waals surface area contributed by atoms with Gasteiger partial charge in [0.1, 0.15) is 0 Å². The normalized spacial score (nSPS) is 24.6. The molecule has 2 rings (SSSR count). The standard InChI is InChI=1S/C16H24ClNO2/c1-18-11-16(12-5-3-6-13(17)9-12)20-15-8-4-7-14(10-15)19-2/h3,5-6,9,14-16,18H,4,7-8,10-11H2,1-2H3. The van der Waals surface area contributed by atoms with Gasteiger partial charge in [-0.1, -0.05) is 23.7 Å². The van der Waals surface area contributed by atoms with E-state index in [2.05, 4.69) is 11.4 Å². The molecule has 20 heavy (non-hydrogen) atoms. The Balaban J connectivity index is 2.01. The van der Waals surface area contributed by atoms with E-state index in [1.54, 1.807) is 7.11 Å². The van der Waals surface area contributed by atoms with Gasteiger partial charge < -0.3 is 14.8 Å². The first-order valence-corrected chi connectivity index (χ1v) is 7.69. The van der Waals surface area contributed by atoms with Gasteiger partial charge in [-0.3, -0.25) is 0 Å². The maximum atomic E-state index is 6.30. The monoisotopic (exact) mass is 297 g/mol. The van der Waals surface area contributed by atoms with E-state index in [0.29, 0.717) is 6.10 Å². The summed E-state index contributed by atoms with van der Waals surface area (Å²) in [6, 6.07) is 7.93. The third kappa shape index (κ3) is 4.45. The van der Waals surface area contributed by atoms with E-state index in [1.807, 2.05) is 25.2 Å². The van der Waals surface area contributed by atoms with E-state index in [9.17, 15) is 0 Å². The minimum absolute atomic E-state index is 0.0410. The summed E-state index contributed by atoms with van der Waals surface area (Å²) in [5.74, 6) is 0. The van der Waals surface area contributed by atoms with Gasteiger partial charge in [-0.15, -0.1) is 0 Å². The minimum atomic E-state index is 0.0410. The van der Waals surface area contributed by atoms with E-state index >= 15 is 0 Å². The molecule has 1 aliphatic carbocycles. The lowest BCUT2D eigenvalue weighted by Crippen LogP contribution is -2.31. The topological polar surface area (TPSA) is 30.5 Å². The molecule has 0 bridgehead atoms. The second kappa shape index (κ2) is 7.99. The van der Waals surface area contributed by atoms with E-state index < -0.39 is 0 Å². The second-order valence-electron chi connectivity index (χ2n) is 5.38. The number of methoxy groups -OCH3 is 1. The predicted molar refractivity (Wildman–Crippen MR) is 82.3 cm³/mol. The third-order valence-corrected chi connectivity index (χ3v) is 4.11. The van der Waals surface area contributed by atoms with Crippen LogP contribution in [0, 0.1) is 0 Å². The van der Waals surface area contributed by atoms with Crippen molar-refractivity contribution in [1.29, 1.82) is 0 Å². The Morgan fingerprint density at radius 1 is 1.35 bits per heavy atom. The van der Waals surface area contributed by atoms with Crippen molar-refractivity contribution in [3.05, 3.63) is 34.9 Å². The van der Waals surface area contributed by atoms with Gasteiger partial charge in [-0.25, -0.2) is 0 Å². The molecule has 0 aromatic heterocycles. The van der Waals surface area contributed by atoms with Crippen LogP contribution in [-0.2, 0) is 9.47 Å². The Labute approximate surface area is 126 Å². The Hall–Kier alpha value is -0.610. The van der Waals surface area contributed by atoms with Gasteiger partial charge in [0.2, 0.25) is 0 Å². The molecule has 1 fully saturated rings. The van der Waals surface area contributed by atoms with Crippen LogP contribution in [0.1, 0.15) is 37.4 Å². The van der Waals surface area contributed by atoms with Crippen molar-refractivity contribution in [2.24, 2.45) is 0 Å². The molecule has 3 nitrogen and oxygen atoms in total. The lowest BCUT2D eigenvalue weighted by molar-refractivity contribution is -0.0651.